The van der Waals surface area contributed by atoms with Crippen molar-refractivity contribution in [3.8, 4) is 17.1 Å². The number of para-hydroxylation sites is 2. The molecule has 0 N–H and O–H groups in total. The van der Waals surface area contributed by atoms with Crippen LogP contribution in [0.25, 0.3) is 28.1 Å². The lowest BCUT2D eigenvalue weighted by molar-refractivity contribution is 0.00578. The predicted molar refractivity (Wildman–Crippen MR) is 189 cm³/mol. The summed E-state index contributed by atoms with van der Waals surface area (Å²) in [6, 6.07) is 20.6. The molecule has 0 radical (unpaired) electrons. The Morgan fingerprint density at radius 3 is 2.17 bits per heavy atom. The summed E-state index contributed by atoms with van der Waals surface area (Å²) in [5.74, 6) is 0.701. The second-order valence-corrected chi connectivity index (χ2v) is 15.2. The number of anilines is 1. The molecule has 1 aliphatic rings. The van der Waals surface area contributed by atoms with Crippen molar-refractivity contribution in [3.63, 3.8) is 0 Å². The van der Waals surface area contributed by atoms with E-state index < -0.39 is 30.0 Å². The lowest BCUT2D eigenvalue weighted by Crippen LogP contribution is -2.41. The molecule has 1 saturated heterocycles. The number of hydrogen-bond donors (Lipinski definition) is 0. The van der Waals surface area contributed by atoms with Crippen LogP contribution in [-0.2, 0) is 25.9 Å². The van der Waals surface area contributed by atoms with Gasteiger partial charge in [-0.05, 0) is 95.7 Å². The Balaban J connectivity index is 1.87. The maximum absolute atomic E-state index is 13.7. The van der Waals surface area contributed by atoms with E-state index in [1.54, 1.807) is 11.9 Å². The number of carbonyl (C=O) groups is 1. The fourth-order valence-corrected chi connectivity index (χ4v) is 5.73. The van der Waals surface area contributed by atoms with Gasteiger partial charge in [0.05, 0.1) is 27.9 Å². The molecule has 0 aliphatic carbocycles. The van der Waals surface area contributed by atoms with Crippen molar-refractivity contribution in [3.05, 3.63) is 84.4 Å². The minimum atomic E-state index is -0.662. The van der Waals surface area contributed by atoms with Crippen LogP contribution in [0.3, 0.4) is 0 Å². The number of benzene rings is 3. The molecule has 7 nitrogen and oxygen atoms in total. The van der Waals surface area contributed by atoms with Crippen molar-refractivity contribution in [2.24, 2.45) is 0 Å². The maximum atomic E-state index is 13.7. The topological polar surface area (TPSA) is 65.8 Å². The van der Waals surface area contributed by atoms with Gasteiger partial charge in [-0.25, -0.2) is 9.78 Å². The molecule has 3 aromatic carbocycles. The first kappa shape index (κ1) is 33.5. The summed E-state index contributed by atoms with van der Waals surface area (Å²) in [5, 5.41) is 0. The average Bonchev–Trinajstić information content (AvgIpc) is 3.44. The maximum Gasteiger partial charge on any atom is 0.497 e. The molecule has 4 aromatic rings. The first-order valence-corrected chi connectivity index (χ1v) is 16.0. The second kappa shape index (κ2) is 11.7. The fraction of sp³-hybridized carbons (Fsp3) is 0.421. The first-order chi connectivity index (χ1) is 21.3. The normalized spacial score (nSPS) is 16.1. The molecule has 0 spiro atoms. The molecule has 0 bridgehead atoms. The van der Waals surface area contributed by atoms with Crippen molar-refractivity contribution in [1.29, 1.82) is 0 Å². The highest BCUT2D eigenvalue weighted by molar-refractivity contribution is 6.65. The van der Waals surface area contributed by atoms with Gasteiger partial charge in [-0.1, -0.05) is 63.2 Å². The highest BCUT2D eigenvalue weighted by atomic mass is 16.7. The van der Waals surface area contributed by atoms with Crippen LogP contribution < -0.4 is 10.4 Å². The number of rotatable bonds is 6. The van der Waals surface area contributed by atoms with Gasteiger partial charge in [0.1, 0.15) is 11.4 Å². The van der Waals surface area contributed by atoms with Gasteiger partial charge < -0.3 is 14.0 Å². The summed E-state index contributed by atoms with van der Waals surface area (Å²) in [7, 11) is 1.17. The zero-order chi connectivity index (χ0) is 33.8. The van der Waals surface area contributed by atoms with Crippen LogP contribution in [0, 0.1) is 0 Å². The van der Waals surface area contributed by atoms with E-state index in [0.717, 1.165) is 44.6 Å². The Morgan fingerprint density at radius 2 is 1.61 bits per heavy atom. The van der Waals surface area contributed by atoms with Gasteiger partial charge in [-0.15, -0.1) is 6.58 Å². The summed E-state index contributed by atoms with van der Waals surface area (Å²) in [5.41, 5.74) is 5.27. The van der Waals surface area contributed by atoms with Crippen LogP contribution in [0.15, 0.2) is 73.3 Å². The Labute approximate surface area is 274 Å². The summed E-state index contributed by atoms with van der Waals surface area (Å²) in [6.45, 7) is 24.5. The largest absolute Gasteiger partial charge is 0.497 e. The van der Waals surface area contributed by atoms with Crippen molar-refractivity contribution in [1.82, 2.24) is 9.55 Å². The molecule has 242 valence electrons. The van der Waals surface area contributed by atoms with E-state index >= 15 is 0 Å². The molecular weight excluding hydrogens is 573 g/mol. The summed E-state index contributed by atoms with van der Waals surface area (Å²) < 4.78 is 21.1. The fourth-order valence-electron chi connectivity index (χ4n) is 5.73. The Bertz CT molecular complexity index is 1760. The van der Waals surface area contributed by atoms with Gasteiger partial charge >= 0.3 is 13.2 Å². The third kappa shape index (κ3) is 6.25. The van der Waals surface area contributed by atoms with E-state index in [0.29, 0.717) is 12.2 Å². The standard InChI is InChI=1S/C38H48BN3O4/c1-13-18-25-23-26(35(2,3)4)24-28(32(25)41(12)34(43)44-36(5,6)7)33-40-31-29(39-45-37(8,9)38(10,11)46-39)21-17-22-30(31)42(33)27-19-15-14-16-20-27/h13-17,19-24H,1,18H2,2-12H3. The number of fused-ring (bicyclic) bond motifs is 1. The molecule has 5 rings (SSSR count). The summed E-state index contributed by atoms with van der Waals surface area (Å²) in [4.78, 5) is 20.7. The highest BCUT2D eigenvalue weighted by Crippen LogP contribution is 2.42. The van der Waals surface area contributed by atoms with E-state index in [1.165, 1.54) is 0 Å². The molecule has 46 heavy (non-hydrogen) atoms. The SMILES string of the molecule is C=CCc1cc(C(C)(C)C)cc(-c2nc3c(B4OC(C)(C)C(C)(C)O4)cccc3n2-c2ccccc2)c1N(C)C(=O)OC(C)(C)C. The lowest BCUT2D eigenvalue weighted by Gasteiger charge is -2.32. The van der Waals surface area contributed by atoms with Crippen LogP contribution in [0.4, 0.5) is 10.5 Å². The Hall–Kier alpha value is -3.88. The zero-order valence-electron chi connectivity index (χ0n) is 29.3. The number of carbonyl (C=O) groups excluding carboxylic acids is 1. The highest BCUT2D eigenvalue weighted by Gasteiger charge is 2.52. The monoisotopic (exact) mass is 621 g/mol. The third-order valence-corrected chi connectivity index (χ3v) is 8.90. The zero-order valence-corrected chi connectivity index (χ0v) is 29.3. The molecule has 2 heterocycles. The number of nitrogens with zero attached hydrogens (tertiary/aromatic N) is 3. The van der Waals surface area contributed by atoms with Crippen LogP contribution in [-0.4, -0.2) is 46.6 Å². The van der Waals surface area contributed by atoms with Crippen molar-refractivity contribution >= 4 is 35.4 Å². The van der Waals surface area contributed by atoms with Gasteiger partial charge in [0, 0.05) is 23.8 Å². The summed E-state index contributed by atoms with van der Waals surface area (Å²) >= 11 is 0. The van der Waals surface area contributed by atoms with Crippen LogP contribution >= 0.6 is 0 Å². The Kier molecular flexibility index (Phi) is 8.54. The van der Waals surface area contributed by atoms with E-state index in [1.807, 2.05) is 57.2 Å². The average molecular weight is 622 g/mol. The number of allylic oxidation sites excluding steroid dienone is 1. The minimum absolute atomic E-state index is 0.175. The van der Waals surface area contributed by atoms with Crippen LogP contribution in [0.2, 0.25) is 0 Å². The Morgan fingerprint density at radius 1 is 0.978 bits per heavy atom. The first-order valence-electron chi connectivity index (χ1n) is 16.0. The molecule has 1 fully saturated rings. The number of hydrogen-bond acceptors (Lipinski definition) is 5. The van der Waals surface area contributed by atoms with E-state index in [9.17, 15) is 4.79 Å². The molecule has 1 aliphatic heterocycles. The van der Waals surface area contributed by atoms with Crippen LogP contribution in [0.5, 0.6) is 0 Å². The molecule has 0 saturated carbocycles. The van der Waals surface area contributed by atoms with Crippen molar-refractivity contribution < 1.29 is 18.8 Å². The van der Waals surface area contributed by atoms with Gasteiger partial charge in [0.15, 0.2) is 0 Å². The smallest absolute Gasteiger partial charge is 0.443 e. The number of aromatic nitrogens is 2. The van der Waals surface area contributed by atoms with Crippen molar-refractivity contribution in [2.75, 3.05) is 11.9 Å². The lowest BCUT2D eigenvalue weighted by atomic mass is 9.78. The second-order valence-electron chi connectivity index (χ2n) is 15.2. The molecule has 0 unspecified atom stereocenters. The van der Waals surface area contributed by atoms with E-state index in [4.69, 9.17) is 19.0 Å². The molecule has 8 heteroatoms. The number of imidazole rings is 1. The summed E-state index contributed by atoms with van der Waals surface area (Å²) in [6.07, 6.45) is 1.99. The minimum Gasteiger partial charge on any atom is -0.443 e. The quantitative estimate of drug-likeness (QED) is 0.160. The predicted octanol–water partition coefficient (Wildman–Crippen LogP) is 8.39. The van der Waals surface area contributed by atoms with E-state index in [-0.39, 0.29) is 5.41 Å². The molecule has 0 atom stereocenters. The van der Waals surface area contributed by atoms with E-state index in [2.05, 4.69) is 89.9 Å². The van der Waals surface area contributed by atoms with Gasteiger partial charge in [-0.3, -0.25) is 9.47 Å². The number of ether oxygens (including phenoxy) is 1. The molecular formula is C38H48BN3O4. The van der Waals surface area contributed by atoms with Gasteiger partial charge in [0.25, 0.3) is 0 Å². The number of amides is 1. The van der Waals surface area contributed by atoms with Crippen molar-refractivity contribution in [2.45, 2.75) is 97.9 Å². The molecule has 1 aromatic heterocycles. The molecule has 1 amide bonds. The van der Waals surface area contributed by atoms with Gasteiger partial charge in [0.2, 0.25) is 0 Å². The van der Waals surface area contributed by atoms with Crippen LogP contribution in [0.1, 0.15) is 80.4 Å². The van der Waals surface area contributed by atoms with Gasteiger partial charge in [-0.2, -0.15) is 0 Å². The third-order valence-electron chi connectivity index (χ3n) is 8.90.